The highest BCUT2D eigenvalue weighted by molar-refractivity contribution is 5.78. The zero-order valence-corrected chi connectivity index (χ0v) is 24.6. The van der Waals surface area contributed by atoms with Crippen molar-refractivity contribution in [2.75, 3.05) is 0 Å². The number of rotatable bonds is 5. The van der Waals surface area contributed by atoms with Crippen LogP contribution in [0.3, 0.4) is 0 Å². The molecule has 0 amide bonds. The maximum atomic E-state index is 13.0. The van der Waals surface area contributed by atoms with E-state index in [1.54, 1.807) is 6.92 Å². The van der Waals surface area contributed by atoms with Crippen LogP contribution in [0.1, 0.15) is 72.3 Å². The molecule has 1 aromatic rings. The van der Waals surface area contributed by atoms with Gasteiger partial charge in [0.2, 0.25) is 0 Å². The third kappa shape index (κ3) is 4.85. The van der Waals surface area contributed by atoms with E-state index in [1.165, 1.54) is 5.57 Å². The maximum Gasteiger partial charge on any atom is 0.338 e. The molecular weight excluding hydrogens is 504 g/mol. The molecule has 1 aliphatic heterocycles. The molecule has 5 rings (SSSR count). The molecule has 6 nitrogen and oxygen atoms in total. The van der Waals surface area contributed by atoms with Crippen molar-refractivity contribution in [3.8, 4) is 0 Å². The van der Waals surface area contributed by atoms with E-state index in [1.807, 2.05) is 30.3 Å². The van der Waals surface area contributed by atoms with E-state index in [-0.39, 0.29) is 41.2 Å². The lowest BCUT2D eigenvalue weighted by atomic mass is 9.53. The highest BCUT2D eigenvalue weighted by Gasteiger charge is 2.62. The lowest BCUT2D eigenvalue weighted by Crippen LogP contribution is -2.63. The van der Waals surface area contributed by atoms with Crippen LogP contribution in [0, 0.1) is 40.9 Å². The number of esters is 2. The molecule has 1 saturated heterocycles. The van der Waals surface area contributed by atoms with Crippen molar-refractivity contribution < 1.29 is 29.3 Å². The molecule has 40 heavy (non-hydrogen) atoms. The minimum Gasteiger partial charge on any atom is -0.462 e. The van der Waals surface area contributed by atoms with Crippen LogP contribution in [-0.2, 0) is 25.5 Å². The van der Waals surface area contributed by atoms with Crippen molar-refractivity contribution in [2.45, 2.75) is 97.1 Å². The Hall–Kier alpha value is -2.44. The molecule has 6 heteroatoms. The number of fused-ring (bicyclic) bond motifs is 3. The van der Waals surface area contributed by atoms with Gasteiger partial charge in [0, 0.05) is 18.3 Å². The number of hydrogen-bond acceptors (Lipinski definition) is 6. The quantitative estimate of drug-likeness (QED) is 0.376. The predicted octanol–water partition coefficient (Wildman–Crippen LogP) is 5.42. The summed E-state index contributed by atoms with van der Waals surface area (Å²) < 4.78 is 11.7. The van der Waals surface area contributed by atoms with Gasteiger partial charge in [0.1, 0.15) is 17.8 Å². The first-order valence-corrected chi connectivity index (χ1v) is 15.1. The number of aliphatic hydroxyl groups is 2. The van der Waals surface area contributed by atoms with Gasteiger partial charge in [0.15, 0.2) is 6.10 Å². The molecule has 0 aromatic heterocycles. The van der Waals surface area contributed by atoms with E-state index in [4.69, 9.17) is 9.47 Å². The first-order valence-electron chi connectivity index (χ1n) is 15.1. The van der Waals surface area contributed by atoms with Gasteiger partial charge in [-0.3, -0.25) is 4.79 Å². The monoisotopic (exact) mass is 550 g/mol. The van der Waals surface area contributed by atoms with Gasteiger partial charge in [-0.05, 0) is 86.2 Å². The Kier molecular flexibility index (Phi) is 7.82. The van der Waals surface area contributed by atoms with Crippen LogP contribution >= 0.6 is 0 Å². The normalized spacial score (nSPS) is 42.5. The highest BCUT2D eigenvalue weighted by atomic mass is 16.6. The minimum atomic E-state index is -1.74. The van der Waals surface area contributed by atoms with Gasteiger partial charge >= 0.3 is 11.9 Å². The number of aliphatic hydroxyl groups excluding tert-OH is 1. The number of cyclic esters (lactones) is 1. The Bertz CT molecular complexity index is 1170. The molecule has 0 spiro atoms. The van der Waals surface area contributed by atoms with Gasteiger partial charge in [-0.2, -0.15) is 0 Å². The predicted molar refractivity (Wildman–Crippen MR) is 153 cm³/mol. The fraction of sp³-hybridized carbons (Fsp3) is 0.647. The van der Waals surface area contributed by atoms with Gasteiger partial charge in [-0.15, -0.1) is 0 Å². The Balaban J connectivity index is 1.41. The molecule has 1 heterocycles. The molecular formula is C34H46O6. The Morgan fingerprint density at radius 1 is 1.18 bits per heavy atom. The summed E-state index contributed by atoms with van der Waals surface area (Å²) in [7, 11) is 0. The number of aryl methyl sites for hydroxylation is 1. The minimum absolute atomic E-state index is 0.0333. The van der Waals surface area contributed by atoms with Crippen molar-refractivity contribution in [1.29, 1.82) is 0 Å². The third-order valence-electron chi connectivity index (χ3n) is 11.0. The van der Waals surface area contributed by atoms with E-state index in [0.717, 1.165) is 24.8 Å². The van der Waals surface area contributed by atoms with E-state index in [0.29, 0.717) is 30.8 Å². The average molecular weight is 551 g/mol. The summed E-state index contributed by atoms with van der Waals surface area (Å²) in [5, 5.41) is 23.0. The number of carbonyl (C=O) groups is 2. The summed E-state index contributed by atoms with van der Waals surface area (Å²) in [6.45, 7) is 15.1. The molecule has 0 radical (unpaired) electrons. The van der Waals surface area contributed by atoms with Crippen molar-refractivity contribution in [1.82, 2.24) is 0 Å². The molecule has 3 fully saturated rings. The Morgan fingerprint density at radius 2 is 1.88 bits per heavy atom. The van der Waals surface area contributed by atoms with Crippen LogP contribution < -0.4 is 0 Å². The number of allylic oxidation sites excluding steroid dienone is 2. The van der Waals surface area contributed by atoms with E-state index < -0.39 is 29.7 Å². The van der Waals surface area contributed by atoms with Crippen LogP contribution in [0.2, 0.25) is 0 Å². The van der Waals surface area contributed by atoms with Crippen LogP contribution in [-0.4, -0.2) is 46.1 Å². The summed E-state index contributed by atoms with van der Waals surface area (Å²) in [6, 6.07) is 10.0. The second kappa shape index (κ2) is 10.8. The van der Waals surface area contributed by atoms with Crippen molar-refractivity contribution in [2.24, 2.45) is 40.9 Å². The number of hydrogen-bond donors (Lipinski definition) is 2. The summed E-state index contributed by atoms with van der Waals surface area (Å²) in [4.78, 5) is 25.6. The lowest BCUT2D eigenvalue weighted by molar-refractivity contribution is -0.209. The molecule has 2 saturated carbocycles. The standard InChI is InChI=1S/C34H46O6/c1-19(2)30-27-16-24-21(4)34(38)26(22(5)39-32(37)31(34)36)14-12-20(3)25(24)17-33(27,6)18-28(30)40-29(35)15-13-23-10-8-7-9-11-23/h7-12,19,22,24-28,30-31,36,38H,4,13-18H2,1-3,5-6H3/b20-12-. The van der Waals surface area contributed by atoms with E-state index in [9.17, 15) is 19.8 Å². The van der Waals surface area contributed by atoms with Gasteiger partial charge in [-0.25, -0.2) is 4.79 Å². The smallest absolute Gasteiger partial charge is 0.338 e. The Morgan fingerprint density at radius 3 is 2.55 bits per heavy atom. The maximum absolute atomic E-state index is 13.0. The first kappa shape index (κ1) is 29.1. The zero-order chi connectivity index (χ0) is 29.0. The van der Waals surface area contributed by atoms with Crippen LogP contribution in [0.5, 0.6) is 0 Å². The summed E-state index contributed by atoms with van der Waals surface area (Å²) >= 11 is 0. The SMILES string of the molecule is C=C1C2CC3C(C(C)C)C(OC(=O)CCc4ccccc4)CC3(C)CC2/C(C)=C\CC2C(C)OC(=O)C(O)C12O. The molecule has 10 unspecified atom stereocenters. The summed E-state index contributed by atoms with van der Waals surface area (Å²) in [5.74, 6) is -0.600. The lowest BCUT2D eigenvalue weighted by Gasteiger charge is -2.54. The molecule has 4 aliphatic rings. The van der Waals surface area contributed by atoms with Crippen molar-refractivity contribution in [3.05, 3.63) is 59.7 Å². The summed E-state index contributed by atoms with van der Waals surface area (Å²) in [6.07, 6.45) is 3.85. The van der Waals surface area contributed by atoms with Gasteiger partial charge in [0.25, 0.3) is 0 Å². The van der Waals surface area contributed by atoms with Crippen molar-refractivity contribution >= 4 is 11.9 Å². The fourth-order valence-corrected chi connectivity index (χ4v) is 8.84. The third-order valence-corrected chi connectivity index (χ3v) is 11.0. The number of benzene rings is 1. The number of ether oxygens (including phenoxy) is 2. The molecule has 218 valence electrons. The highest BCUT2D eigenvalue weighted by Crippen LogP contribution is 2.63. The molecule has 10 atom stereocenters. The van der Waals surface area contributed by atoms with Gasteiger partial charge in [-0.1, -0.05) is 69.3 Å². The number of carbonyl (C=O) groups excluding carboxylic acids is 2. The van der Waals surface area contributed by atoms with Crippen LogP contribution in [0.4, 0.5) is 0 Å². The van der Waals surface area contributed by atoms with Gasteiger partial charge < -0.3 is 19.7 Å². The van der Waals surface area contributed by atoms with Crippen LogP contribution in [0.15, 0.2) is 54.1 Å². The molecule has 0 bridgehead atoms. The average Bonchev–Trinajstić information content (AvgIpc) is 3.20. The molecule has 2 N–H and O–H groups in total. The van der Waals surface area contributed by atoms with Gasteiger partial charge in [0.05, 0.1) is 0 Å². The van der Waals surface area contributed by atoms with E-state index >= 15 is 0 Å². The topological polar surface area (TPSA) is 93.1 Å². The van der Waals surface area contributed by atoms with Crippen molar-refractivity contribution in [3.63, 3.8) is 0 Å². The Labute approximate surface area is 238 Å². The largest absolute Gasteiger partial charge is 0.462 e. The summed E-state index contributed by atoms with van der Waals surface area (Å²) in [5.41, 5.74) is 1.17. The van der Waals surface area contributed by atoms with E-state index in [2.05, 4.69) is 40.3 Å². The zero-order valence-electron chi connectivity index (χ0n) is 24.6. The molecule has 3 aliphatic carbocycles. The first-order chi connectivity index (χ1) is 18.9. The molecule has 1 aromatic carbocycles. The second-order valence-corrected chi connectivity index (χ2v) is 13.6. The second-order valence-electron chi connectivity index (χ2n) is 13.6. The fourth-order valence-electron chi connectivity index (χ4n) is 8.84. The van der Waals surface area contributed by atoms with Crippen LogP contribution in [0.25, 0.3) is 0 Å².